The lowest BCUT2D eigenvalue weighted by Gasteiger charge is -2.09. The van der Waals surface area contributed by atoms with Crippen molar-refractivity contribution in [2.75, 3.05) is 13.7 Å². The number of aromatic nitrogens is 2. The second-order valence-corrected chi connectivity index (χ2v) is 5.33. The first-order valence-electron chi connectivity index (χ1n) is 7.04. The summed E-state index contributed by atoms with van der Waals surface area (Å²) in [6, 6.07) is 9.42. The molecule has 5 heteroatoms. The fourth-order valence-electron chi connectivity index (χ4n) is 2.07. The van der Waals surface area contributed by atoms with Crippen LogP contribution in [0.25, 0.3) is 11.3 Å². The van der Waals surface area contributed by atoms with Gasteiger partial charge in [-0.1, -0.05) is 26.0 Å². The summed E-state index contributed by atoms with van der Waals surface area (Å²) in [6.45, 7) is 5.65. The fourth-order valence-corrected chi connectivity index (χ4v) is 2.07. The van der Waals surface area contributed by atoms with Crippen molar-refractivity contribution >= 4 is 0 Å². The van der Waals surface area contributed by atoms with Gasteiger partial charge < -0.3 is 10.1 Å². The van der Waals surface area contributed by atoms with E-state index in [0.29, 0.717) is 23.7 Å². The minimum absolute atomic E-state index is 0.162. The Morgan fingerprint density at radius 1 is 1.33 bits per heavy atom. The Bertz CT molecular complexity index is 650. The Hall–Kier alpha value is -2.14. The van der Waals surface area contributed by atoms with Gasteiger partial charge in [0.15, 0.2) is 0 Å². The maximum Gasteiger partial charge on any atom is 0.268 e. The van der Waals surface area contributed by atoms with E-state index in [2.05, 4.69) is 29.4 Å². The van der Waals surface area contributed by atoms with Crippen LogP contribution in [0.5, 0.6) is 5.75 Å². The molecule has 0 aliphatic heterocycles. The highest BCUT2D eigenvalue weighted by Crippen LogP contribution is 2.27. The number of benzene rings is 1. The van der Waals surface area contributed by atoms with E-state index in [0.717, 1.165) is 17.9 Å². The van der Waals surface area contributed by atoms with Gasteiger partial charge in [-0.2, -0.15) is 5.10 Å². The number of nitrogens with zero attached hydrogens (tertiary/aromatic N) is 1. The van der Waals surface area contributed by atoms with Crippen molar-refractivity contribution in [3.8, 4) is 17.0 Å². The number of hydrogen-bond acceptors (Lipinski definition) is 4. The summed E-state index contributed by atoms with van der Waals surface area (Å²) < 4.78 is 5.33. The van der Waals surface area contributed by atoms with E-state index in [1.54, 1.807) is 7.11 Å². The second-order valence-electron chi connectivity index (χ2n) is 5.33. The monoisotopic (exact) mass is 287 g/mol. The van der Waals surface area contributed by atoms with Gasteiger partial charge in [-0.25, -0.2) is 5.10 Å². The van der Waals surface area contributed by atoms with Crippen LogP contribution in [0.15, 0.2) is 35.1 Å². The van der Waals surface area contributed by atoms with Crippen molar-refractivity contribution in [2.45, 2.75) is 20.4 Å². The minimum atomic E-state index is -0.162. The molecule has 0 spiro atoms. The predicted molar refractivity (Wildman–Crippen MR) is 83.4 cm³/mol. The van der Waals surface area contributed by atoms with E-state index >= 15 is 0 Å². The van der Waals surface area contributed by atoms with Crippen molar-refractivity contribution in [3.05, 3.63) is 46.2 Å². The summed E-state index contributed by atoms with van der Waals surface area (Å²) in [5.74, 6) is 1.28. The van der Waals surface area contributed by atoms with E-state index in [1.165, 1.54) is 0 Å². The minimum Gasteiger partial charge on any atom is -0.496 e. The molecular weight excluding hydrogens is 266 g/mol. The summed E-state index contributed by atoms with van der Waals surface area (Å²) in [7, 11) is 1.62. The molecule has 0 saturated carbocycles. The lowest BCUT2D eigenvalue weighted by molar-refractivity contribution is 0.416. The number of ether oxygens (including phenoxy) is 1. The van der Waals surface area contributed by atoms with Crippen LogP contribution in [0.2, 0.25) is 0 Å². The maximum absolute atomic E-state index is 11.8. The number of aromatic amines is 1. The zero-order chi connectivity index (χ0) is 15.2. The van der Waals surface area contributed by atoms with Crippen molar-refractivity contribution in [2.24, 2.45) is 5.92 Å². The Kier molecular flexibility index (Phi) is 5.11. The van der Waals surface area contributed by atoms with Gasteiger partial charge in [0.25, 0.3) is 5.56 Å². The first-order chi connectivity index (χ1) is 10.1. The molecule has 2 N–H and O–H groups in total. The van der Waals surface area contributed by atoms with Crippen molar-refractivity contribution in [1.29, 1.82) is 0 Å². The number of methoxy groups -OCH3 is 1. The molecule has 0 amide bonds. The van der Waals surface area contributed by atoms with Gasteiger partial charge in [0, 0.05) is 17.7 Å². The lowest BCUT2D eigenvalue weighted by atomic mass is 10.1. The SMILES string of the molecule is COc1ccccc1-c1cc(CNCC(C)C)c(=O)[nH]n1. The van der Waals surface area contributed by atoms with E-state index < -0.39 is 0 Å². The van der Waals surface area contributed by atoms with Gasteiger partial charge in [-0.05, 0) is 30.7 Å². The zero-order valence-electron chi connectivity index (χ0n) is 12.6. The van der Waals surface area contributed by atoms with Crippen LogP contribution in [0.3, 0.4) is 0 Å². The third-order valence-corrected chi connectivity index (χ3v) is 3.13. The molecule has 1 aromatic carbocycles. The Labute approximate surface area is 124 Å². The van der Waals surface area contributed by atoms with Gasteiger partial charge in [0.05, 0.1) is 12.8 Å². The average Bonchev–Trinajstić information content (AvgIpc) is 2.49. The summed E-state index contributed by atoms with van der Waals surface area (Å²) >= 11 is 0. The van der Waals surface area contributed by atoms with Crippen molar-refractivity contribution in [3.63, 3.8) is 0 Å². The van der Waals surface area contributed by atoms with Crippen molar-refractivity contribution < 1.29 is 4.74 Å². The maximum atomic E-state index is 11.8. The number of hydrogen-bond donors (Lipinski definition) is 2. The van der Waals surface area contributed by atoms with Crippen LogP contribution in [-0.2, 0) is 6.54 Å². The Morgan fingerprint density at radius 3 is 2.81 bits per heavy atom. The lowest BCUT2D eigenvalue weighted by Crippen LogP contribution is -2.24. The average molecular weight is 287 g/mol. The van der Waals surface area contributed by atoms with Gasteiger partial charge in [-0.3, -0.25) is 4.79 Å². The Balaban J connectivity index is 2.27. The molecule has 21 heavy (non-hydrogen) atoms. The predicted octanol–water partition coefficient (Wildman–Crippen LogP) is 2.19. The largest absolute Gasteiger partial charge is 0.496 e. The molecule has 0 aliphatic carbocycles. The third kappa shape index (κ3) is 3.92. The highest BCUT2D eigenvalue weighted by Gasteiger charge is 2.09. The van der Waals surface area contributed by atoms with E-state index in [9.17, 15) is 4.79 Å². The third-order valence-electron chi connectivity index (χ3n) is 3.13. The fraction of sp³-hybridized carbons (Fsp3) is 0.375. The van der Waals surface area contributed by atoms with E-state index in [4.69, 9.17) is 4.74 Å². The molecule has 1 aromatic heterocycles. The van der Waals surface area contributed by atoms with Crippen LogP contribution < -0.4 is 15.6 Å². The van der Waals surface area contributed by atoms with Crippen LogP contribution in [0.1, 0.15) is 19.4 Å². The smallest absolute Gasteiger partial charge is 0.268 e. The standard InChI is InChI=1S/C16H21N3O2/c1-11(2)9-17-10-12-8-14(18-19-16(12)20)13-6-4-5-7-15(13)21-3/h4-8,11,17H,9-10H2,1-3H3,(H,19,20). The van der Waals surface area contributed by atoms with Gasteiger partial charge >= 0.3 is 0 Å². The highest BCUT2D eigenvalue weighted by atomic mass is 16.5. The second kappa shape index (κ2) is 7.04. The molecule has 0 bridgehead atoms. The van der Waals surface area contributed by atoms with E-state index in [-0.39, 0.29) is 5.56 Å². The molecule has 2 aromatic rings. The first-order valence-corrected chi connectivity index (χ1v) is 7.04. The van der Waals surface area contributed by atoms with Gasteiger partial charge in [-0.15, -0.1) is 0 Å². The Morgan fingerprint density at radius 2 is 2.10 bits per heavy atom. The molecule has 1 heterocycles. The summed E-state index contributed by atoms with van der Waals surface area (Å²) in [6.07, 6.45) is 0. The molecule has 0 saturated heterocycles. The normalized spacial score (nSPS) is 10.9. The summed E-state index contributed by atoms with van der Waals surface area (Å²) in [4.78, 5) is 11.8. The molecule has 0 fully saturated rings. The molecule has 0 radical (unpaired) electrons. The summed E-state index contributed by atoms with van der Waals surface area (Å²) in [5, 5.41) is 9.94. The van der Waals surface area contributed by atoms with E-state index in [1.807, 2.05) is 30.3 Å². The summed E-state index contributed by atoms with van der Waals surface area (Å²) in [5.41, 5.74) is 2.08. The zero-order valence-corrected chi connectivity index (χ0v) is 12.6. The molecule has 0 unspecified atom stereocenters. The molecular formula is C16H21N3O2. The molecule has 112 valence electrons. The van der Waals surface area contributed by atoms with Crippen LogP contribution >= 0.6 is 0 Å². The quantitative estimate of drug-likeness (QED) is 0.854. The molecule has 0 aliphatic rings. The first kappa shape index (κ1) is 15.3. The van der Waals surface area contributed by atoms with Crippen LogP contribution in [-0.4, -0.2) is 23.9 Å². The molecule has 0 atom stereocenters. The number of rotatable bonds is 6. The highest BCUT2D eigenvalue weighted by molar-refractivity contribution is 5.66. The van der Waals surface area contributed by atoms with Gasteiger partial charge in [0.1, 0.15) is 5.75 Å². The van der Waals surface area contributed by atoms with Crippen molar-refractivity contribution in [1.82, 2.24) is 15.5 Å². The van der Waals surface area contributed by atoms with Crippen LogP contribution in [0, 0.1) is 5.92 Å². The topological polar surface area (TPSA) is 67.0 Å². The molecule has 2 rings (SSSR count). The van der Waals surface area contributed by atoms with Crippen LogP contribution in [0.4, 0.5) is 0 Å². The number of H-pyrrole nitrogens is 1. The number of para-hydroxylation sites is 1. The molecule has 5 nitrogen and oxygen atoms in total. The number of nitrogens with one attached hydrogen (secondary N) is 2. The van der Waals surface area contributed by atoms with Gasteiger partial charge in [0.2, 0.25) is 0 Å².